The molecule has 1 heterocycles. The van der Waals surface area contributed by atoms with Gasteiger partial charge in [0.05, 0.1) is 18.2 Å². The Morgan fingerprint density at radius 1 is 1.28 bits per heavy atom. The van der Waals surface area contributed by atoms with E-state index in [1.807, 2.05) is 0 Å². The first-order valence-corrected chi connectivity index (χ1v) is 8.57. The number of nitrogens with zero attached hydrogens (tertiary/aromatic N) is 3. The highest BCUT2D eigenvalue weighted by Crippen LogP contribution is 2.30. The molecule has 29 heavy (non-hydrogen) atoms. The maximum atomic E-state index is 14.5. The minimum atomic E-state index is -2.07. The molecule has 0 fully saturated rings. The SMILES string of the molecule is C[C@@H](NC(=O)c1c(N)cccc1F)[C@](O)(Cn1cncn1)c1ccc(F)cc1F. The van der Waals surface area contributed by atoms with Crippen molar-refractivity contribution in [2.24, 2.45) is 0 Å². The highest BCUT2D eigenvalue weighted by atomic mass is 19.1. The number of aromatic nitrogens is 3. The van der Waals surface area contributed by atoms with E-state index in [1.54, 1.807) is 0 Å². The number of benzene rings is 2. The average molecular weight is 405 g/mol. The molecule has 2 atom stereocenters. The fourth-order valence-corrected chi connectivity index (χ4v) is 3.03. The summed E-state index contributed by atoms with van der Waals surface area (Å²) in [4.78, 5) is 16.3. The lowest BCUT2D eigenvalue weighted by molar-refractivity contribution is -0.0186. The molecule has 4 N–H and O–H groups in total. The van der Waals surface area contributed by atoms with Gasteiger partial charge in [-0.05, 0) is 25.1 Å². The molecule has 0 aliphatic carbocycles. The van der Waals surface area contributed by atoms with Crippen molar-refractivity contribution in [2.45, 2.75) is 25.1 Å². The van der Waals surface area contributed by atoms with E-state index in [0.717, 1.165) is 18.2 Å². The Morgan fingerprint density at radius 3 is 2.66 bits per heavy atom. The average Bonchev–Trinajstić information content (AvgIpc) is 3.14. The third-order valence-electron chi connectivity index (χ3n) is 4.60. The van der Waals surface area contributed by atoms with E-state index in [2.05, 4.69) is 15.4 Å². The zero-order valence-corrected chi connectivity index (χ0v) is 15.3. The molecule has 2 aromatic carbocycles. The number of nitrogen functional groups attached to an aromatic ring is 1. The number of nitrogens with one attached hydrogen (secondary N) is 1. The first kappa shape index (κ1) is 20.3. The second kappa shape index (κ2) is 7.92. The van der Waals surface area contributed by atoms with Gasteiger partial charge in [0, 0.05) is 17.3 Å². The molecular formula is C19H18F3N5O2. The molecule has 0 aliphatic rings. The van der Waals surface area contributed by atoms with E-state index in [-0.39, 0.29) is 17.8 Å². The van der Waals surface area contributed by atoms with Gasteiger partial charge >= 0.3 is 0 Å². The van der Waals surface area contributed by atoms with Gasteiger partial charge in [-0.15, -0.1) is 0 Å². The van der Waals surface area contributed by atoms with Crippen LogP contribution in [0.3, 0.4) is 0 Å². The number of carbonyl (C=O) groups excluding carboxylic acids is 1. The van der Waals surface area contributed by atoms with Crippen LogP contribution >= 0.6 is 0 Å². The van der Waals surface area contributed by atoms with Crippen molar-refractivity contribution in [1.29, 1.82) is 0 Å². The largest absolute Gasteiger partial charge is 0.398 e. The second-order valence-corrected chi connectivity index (χ2v) is 6.54. The number of halogens is 3. The van der Waals surface area contributed by atoms with Gasteiger partial charge < -0.3 is 16.2 Å². The lowest BCUT2D eigenvalue weighted by Gasteiger charge is -2.35. The van der Waals surface area contributed by atoms with Crippen molar-refractivity contribution in [3.63, 3.8) is 0 Å². The van der Waals surface area contributed by atoms with Crippen molar-refractivity contribution in [3.05, 3.63) is 77.6 Å². The molecule has 0 saturated carbocycles. The Hall–Kier alpha value is -3.40. The number of rotatable bonds is 6. The molecule has 10 heteroatoms. The van der Waals surface area contributed by atoms with Gasteiger partial charge in [-0.25, -0.2) is 22.8 Å². The molecule has 0 aliphatic heterocycles. The molecule has 1 aromatic heterocycles. The third-order valence-corrected chi connectivity index (χ3v) is 4.60. The van der Waals surface area contributed by atoms with Gasteiger partial charge in [-0.1, -0.05) is 12.1 Å². The summed E-state index contributed by atoms with van der Waals surface area (Å²) in [6.45, 7) is 1.08. The van der Waals surface area contributed by atoms with Gasteiger partial charge in [-0.2, -0.15) is 5.10 Å². The van der Waals surface area contributed by atoms with Crippen molar-refractivity contribution < 1.29 is 23.1 Å². The summed E-state index contributed by atoms with van der Waals surface area (Å²) < 4.78 is 43.1. The fraction of sp³-hybridized carbons (Fsp3) is 0.211. The topological polar surface area (TPSA) is 106 Å². The number of carbonyl (C=O) groups is 1. The molecule has 3 aromatic rings. The zero-order chi connectivity index (χ0) is 21.2. The standard InChI is InChI=1S/C19H18F3N5O2/c1-11(26-18(28)17-14(21)3-2-4-16(17)23)19(29,8-27-10-24-9-25-27)13-6-5-12(20)7-15(13)22/h2-7,9-11,29H,8,23H2,1H3,(H,26,28)/t11-,19-/m1/s1. The van der Waals surface area contributed by atoms with Crippen LogP contribution in [-0.4, -0.2) is 31.8 Å². The maximum Gasteiger partial charge on any atom is 0.256 e. The number of anilines is 1. The highest BCUT2D eigenvalue weighted by molar-refractivity contribution is 5.99. The number of hydrogen-bond acceptors (Lipinski definition) is 5. The Morgan fingerprint density at radius 2 is 2.03 bits per heavy atom. The number of nitrogens with two attached hydrogens (primary N) is 1. The molecule has 0 saturated heterocycles. The van der Waals surface area contributed by atoms with Gasteiger partial charge in [-0.3, -0.25) is 4.79 Å². The van der Waals surface area contributed by atoms with Crippen LogP contribution < -0.4 is 11.1 Å². The van der Waals surface area contributed by atoms with Crippen LogP contribution in [0, 0.1) is 17.5 Å². The first-order chi connectivity index (χ1) is 13.7. The molecule has 0 radical (unpaired) electrons. The quantitative estimate of drug-likeness (QED) is 0.544. The Labute approximate surface area is 164 Å². The first-order valence-electron chi connectivity index (χ1n) is 8.57. The highest BCUT2D eigenvalue weighted by Gasteiger charge is 2.40. The minimum Gasteiger partial charge on any atom is -0.398 e. The molecule has 152 valence electrons. The minimum absolute atomic E-state index is 0.0949. The number of amides is 1. The summed E-state index contributed by atoms with van der Waals surface area (Å²) in [7, 11) is 0. The lowest BCUT2D eigenvalue weighted by Crippen LogP contribution is -2.52. The normalized spacial score (nSPS) is 14.2. The van der Waals surface area contributed by atoms with Crippen LogP contribution in [0.15, 0.2) is 49.1 Å². The maximum absolute atomic E-state index is 14.5. The summed E-state index contributed by atoms with van der Waals surface area (Å²) in [5.74, 6) is -3.58. The predicted molar refractivity (Wildman–Crippen MR) is 98.0 cm³/mol. The molecule has 3 rings (SSSR count). The monoisotopic (exact) mass is 405 g/mol. The molecule has 0 bridgehead atoms. The second-order valence-electron chi connectivity index (χ2n) is 6.54. The van der Waals surface area contributed by atoms with Gasteiger partial charge in [0.2, 0.25) is 0 Å². The van der Waals surface area contributed by atoms with Crippen LogP contribution in [0.25, 0.3) is 0 Å². The van der Waals surface area contributed by atoms with Crippen LogP contribution in [0.2, 0.25) is 0 Å². The summed E-state index contributed by atoms with van der Waals surface area (Å²) in [5.41, 5.74) is 2.84. The zero-order valence-electron chi connectivity index (χ0n) is 15.3. The smallest absolute Gasteiger partial charge is 0.256 e. The summed E-state index contributed by atoms with van der Waals surface area (Å²) in [6, 6.07) is 5.28. The summed E-state index contributed by atoms with van der Waals surface area (Å²) in [5, 5.41) is 17.7. The molecule has 1 amide bonds. The van der Waals surface area contributed by atoms with Crippen molar-refractivity contribution in [3.8, 4) is 0 Å². The lowest BCUT2D eigenvalue weighted by atomic mass is 9.86. The third kappa shape index (κ3) is 4.06. The van der Waals surface area contributed by atoms with Crippen LogP contribution in [-0.2, 0) is 12.1 Å². The van der Waals surface area contributed by atoms with E-state index >= 15 is 0 Å². The Balaban J connectivity index is 1.98. The number of hydrogen-bond donors (Lipinski definition) is 3. The van der Waals surface area contributed by atoms with Crippen molar-refractivity contribution >= 4 is 11.6 Å². The molecule has 7 nitrogen and oxygen atoms in total. The molecule has 0 unspecified atom stereocenters. The summed E-state index contributed by atoms with van der Waals surface area (Å²) >= 11 is 0. The van der Waals surface area contributed by atoms with E-state index in [0.29, 0.717) is 6.07 Å². The van der Waals surface area contributed by atoms with Crippen LogP contribution in [0.1, 0.15) is 22.8 Å². The summed E-state index contributed by atoms with van der Waals surface area (Å²) in [6.07, 6.45) is 2.50. The van der Waals surface area contributed by atoms with E-state index in [9.17, 15) is 23.1 Å². The number of aliphatic hydroxyl groups is 1. The van der Waals surface area contributed by atoms with Crippen LogP contribution in [0.4, 0.5) is 18.9 Å². The van der Waals surface area contributed by atoms with Gasteiger partial charge in [0.25, 0.3) is 5.91 Å². The Bertz CT molecular complexity index is 1010. The van der Waals surface area contributed by atoms with Crippen molar-refractivity contribution in [2.75, 3.05) is 5.73 Å². The van der Waals surface area contributed by atoms with E-state index < -0.39 is 40.6 Å². The molecular weight excluding hydrogens is 387 g/mol. The van der Waals surface area contributed by atoms with Crippen molar-refractivity contribution in [1.82, 2.24) is 20.1 Å². The predicted octanol–water partition coefficient (Wildman–Crippen LogP) is 1.98. The fourth-order valence-electron chi connectivity index (χ4n) is 3.03. The van der Waals surface area contributed by atoms with Gasteiger partial charge in [0.15, 0.2) is 0 Å². The Kier molecular flexibility index (Phi) is 5.55. The van der Waals surface area contributed by atoms with E-state index in [4.69, 9.17) is 5.73 Å². The van der Waals surface area contributed by atoms with E-state index in [1.165, 1.54) is 36.4 Å². The van der Waals surface area contributed by atoms with Crippen LogP contribution in [0.5, 0.6) is 0 Å². The van der Waals surface area contributed by atoms with Gasteiger partial charge in [0.1, 0.15) is 35.7 Å². The molecule has 0 spiro atoms.